The fourth-order valence-corrected chi connectivity index (χ4v) is 1.48. The van der Waals surface area contributed by atoms with Gasteiger partial charge < -0.3 is 19.7 Å². The highest BCUT2D eigenvalue weighted by molar-refractivity contribution is 5.94. The molecule has 0 atom stereocenters. The van der Waals surface area contributed by atoms with Gasteiger partial charge in [-0.05, 0) is 18.2 Å². The molecule has 5 nitrogen and oxygen atoms in total. The number of ether oxygens (including phenoxy) is 2. The maximum Gasteiger partial charge on any atom is 0.253 e. The number of amides is 1. The first-order valence-corrected chi connectivity index (χ1v) is 5.69. The first-order chi connectivity index (χ1) is 8.58. The van der Waals surface area contributed by atoms with Crippen LogP contribution in [0.25, 0.3) is 0 Å². The fourth-order valence-electron chi connectivity index (χ4n) is 1.48. The van der Waals surface area contributed by atoms with Crippen molar-refractivity contribution in [3.05, 3.63) is 29.8 Å². The van der Waals surface area contributed by atoms with Gasteiger partial charge in [0.1, 0.15) is 0 Å². The van der Waals surface area contributed by atoms with Crippen molar-refractivity contribution >= 4 is 11.6 Å². The lowest BCUT2D eigenvalue weighted by atomic mass is 10.2. The van der Waals surface area contributed by atoms with Crippen molar-refractivity contribution in [3.63, 3.8) is 0 Å². The lowest BCUT2D eigenvalue weighted by Crippen LogP contribution is -2.24. The molecule has 0 radical (unpaired) electrons. The molecule has 0 saturated carbocycles. The van der Waals surface area contributed by atoms with Gasteiger partial charge >= 0.3 is 0 Å². The molecule has 1 N–H and O–H groups in total. The average Bonchev–Trinajstić information content (AvgIpc) is 2.39. The molecule has 1 amide bonds. The molecule has 0 aliphatic rings. The lowest BCUT2D eigenvalue weighted by molar-refractivity contribution is -0.0914. The summed E-state index contributed by atoms with van der Waals surface area (Å²) < 4.78 is 10.2. The number of hydrogen-bond acceptors (Lipinski definition) is 4. The highest BCUT2D eigenvalue weighted by Crippen LogP contribution is 2.12. The van der Waals surface area contributed by atoms with E-state index in [1.54, 1.807) is 39.3 Å². The molecule has 100 valence electrons. The SMILES string of the molecule is COC(CNc1cccc(C(=O)N(C)C)c1)OC. The van der Waals surface area contributed by atoms with Gasteiger partial charge in [0, 0.05) is 39.6 Å². The van der Waals surface area contributed by atoms with Crippen LogP contribution in [0.2, 0.25) is 0 Å². The van der Waals surface area contributed by atoms with Crippen molar-refractivity contribution in [3.8, 4) is 0 Å². The van der Waals surface area contributed by atoms with Crippen molar-refractivity contribution in [1.29, 1.82) is 0 Å². The second-order valence-corrected chi connectivity index (χ2v) is 4.06. The second-order valence-electron chi connectivity index (χ2n) is 4.06. The molecule has 0 unspecified atom stereocenters. The van der Waals surface area contributed by atoms with Gasteiger partial charge in [-0.1, -0.05) is 6.07 Å². The summed E-state index contributed by atoms with van der Waals surface area (Å²) in [6.45, 7) is 0.520. The van der Waals surface area contributed by atoms with Crippen molar-refractivity contribution in [2.75, 3.05) is 40.2 Å². The van der Waals surface area contributed by atoms with Crippen LogP contribution in [-0.2, 0) is 9.47 Å². The van der Waals surface area contributed by atoms with Crippen molar-refractivity contribution in [2.45, 2.75) is 6.29 Å². The van der Waals surface area contributed by atoms with Gasteiger partial charge in [0.25, 0.3) is 5.91 Å². The van der Waals surface area contributed by atoms with Crippen molar-refractivity contribution in [2.24, 2.45) is 0 Å². The van der Waals surface area contributed by atoms with Crippen LogP contribution in [0, 0.1) is 0 Å². The Bertz CT molecular complexity index is 390. The van der Waals surface area contributed by atoms with E-state index in [2.05, 4.69) is 5.32 Å². The van der Waals surface area contributed by atoms with Crippen LogP contribution in [0.3, 0.4) is 0 Å². The van der Waals surface area contributed by atoms with Crippen LogP contribution in [0.15, 0.2) is 24.3 Å². The molecule has 1 aromatic carbocycles. The first kappa shape index (κ1) is 14.5. The monoisotopic (exact) mass is 252 g/mol. The quantitative estimate of drug-likeness (QED) is 0.778. The number of nitrogens with one attached hydrogen (secondary N) is 1. The van der Waals surface area contributed by atoms with E-state index in [4.69, 9.17) is 9.47 Å². The van der Waals surface area contributed by atoms with E-state index in [0.717, 1.165) is 5.69 Å². The molecule has 18 heavy (non-hydrogen) atoms. The van der Waals surface area contributed by atoms with Crippen LogP contribution >= 0.6 is 0 Å². The third-order valence-corrected chi connectivity index (χ3v) is 2.51. The van der Waals surface area contributed by atoms with Gasteiger partial charge in [0.2, 0.25) is 0 Å². The summed E-state index contributed by atoms with van der Waals surface area (Å²) in [4.78, 5) is 13.3. The number of anilines is 1. The minimum absolute atomic E-state index is 0.0197. The molecule has 0 spiro atoms. The zero-order chi connectivity index (χ0) is 13.5. The maximum absolute atomic E-state index is 11.8. The Morgan fingerprint density at radius 3 is 2.56 bits per heavy atom. The van der Waals surface area contributed by atoms with E-state index in [1.807, 2.05) is 18.2 Å². The summed E-state index contributed by atoms with van der Waals surface area (Å²) in [6.07, 6.45) is -0.307. The van der Waals surface area contributed by atoms with E-state index in [1.165, 1.54) is 0 Å². The molecule has 1 aromatic rings. The molecule has 0 saturated heterocycles. The Hall–Kier alpha value is -1.59. The van der Waals surface area contributed by atoms with Crippen molar-refractivity contribution in [1.82, 2.24) is 4.90 Å². The highest BCUT2D eigenvalue weighted by Gasteiger charge is 2.09. The van der Waals surface area contributed by atoms with Gasteiger partial charge in [-0.15, -0.1) is 0 Å². The fraction of sp³-hybridized carbons (Fsp3) is 0.462. The number of rotatable bonds is 6. The summed E-state index contributed by atoms with van der Waals surface area (Å²) in [6, 6.07) is 7.34. The number of carbonyl (C=O) groups is 1. The minimum Gasteiger partial charge on any atom is -0.380 e. The van der Waals surface area contributed by atoms with Gasteiger partial charge in [-0.3, -0.25) is 4.79 Å². The molecule has 0 heterocycles. The van der Waals surface area contributed by atoms with Gasteiger partial charge in [-0.25, -0.2) is 0 Å². The standard InChI is InChI=1S/C13H20N2O3/c1-15(2)13(16)10-6-5-7-11(8-10)14-9-12(17-3)18-4/h5-8,12,14H,9H2,1-4H3. The number of methoxy groups -OCH3 is 2. The zero-order valence-electron chi connectivity index (χ0n) is 11.3. The first-order valence-electron chi connectivity index (χ1n) is 5.69. The summed E-state index contributed by atoms with van der Waals surface area (Å²) >= 11 is 0. The Morgan fingerprint density at radius 2 is 2.00 bits per heavy atom. The van der Waals surface area contributed by atoms with Crippen LogP contribution < -0.4 is 5.32 Å². The Balaban J connectivity index is 2.68. The third kappa shape index (κ3) is 4.01. The third-order valence-electron chi connectivity index (χ3n) is 2.51. The van der Waals surface area contributed by atoms with E-state index >= 15 is 0 Å². The Morgan fingerprint density at radius 1 is 1.33 bits per heavy atom. The van der Waals surface area contributed by atoms with Crippen LogP contribution in [-0.4, -0.2) is 52.0 Å². The predicted octanol–water partition coefficient (Wildman–Crippen LogP) is 1.42. The van der Waals surface area contributed by atoms with Crippen LogP contribution in [0.1, 0.15) is 10.4 Å². The van der Waals surface area contributed by atoms with Gasteiger partial charge in [0.15, 0.2) is 6.29 Å². The molecular formula is C13H20N2O3. The van der Waals surface area contributed by atoms with Gasteiger partial charge in [-0.2, -0.15) is 0 Å². The molecule has 0 bridgehead atoms. The lowest BCUT2D eigenvalue weighted by Gasteiger charge is -2.16. The van der Waals surface area contributed by atoms with E-state index in [-0.39, 0.29) is 12.2 Å². The topological polar surface area (TPSA) is 50.8 Å². The molecule has 0 aromatic heterocycles. The van der Waals surface area contributed by atoms with E-state index in [0.29, 0.717) is 12.1 Å². The smallest absolute Gasteiger partial charge is 0.253 e. The molecule has 0 aliphatic heterocycles. The predicted molar refractivity (Wildman–Crippen MR) is 70.8 cm³/mol. The number of nitrogens with zero attached hydrogens (tertiary/aromatic N) is 1. The molecule has 0 fully saturated rings. The normalized spacial score (nSPS) is 10.5. The van der Waals surface area contributed by atoms with E-state index in [9.17, 15) is 4.79 Å². The van der Waals surface area contributed by atoms with Crippen LogP contribution in [0.5, 0.6) is 0 Å². The largest absolute Gasteiger partial charge is 0.380 e. The number of carbonyl (C=O) groups excluding carboxylic acids is 1. The summed E-state index contributed by atoms with van der Waals surface area (Å²) in [7, 11) is 6.63. The Kier molecular flexibility index (Phi) is 5.61. The number of hydrogen-bond donors (Lipinski definition) is 1. The molecule has 1 rings (SSSR count). The molecule has 0 aliphatic carbocycles. The van der Waals surface area contributed by atoms with Crippen molar-refractivity contribution < 1.29 is 14.3 Å². The Labute approximate surface area is 108 Å². The highest BCUT2D eigenvalue weighted by atomic mass is 16.7. The average molecular weight is 252 g/mol. The second kappa shape index (κ2) is 6.98. The number of benzene rings is 1. The summed E-state index contributed by atoms with van der Waals surface area (Å²) in [5, 5.41) is 3.16. The molecular weight excluding hydrogens is 232 g/mol. The molecule has 5 heteroatoms. The zero-order valence-corrected chi connectivity index (χ0v) is 11.3. The van der Waals surface area contributed by atoms with E-state index < -0.39 is 0 Å². The van der Waals surface area contributed by atoms with Gasteiger partial charge in [0.05, 0.1) is 6.54 Å². The minimum atomic E-state index is -0.307. The maximum atomic E-state index is 11.8. The van der Waals surface area contributed by atoms with Crippen LogP contribution in [0.4, 0.5) is 5.69 Å². The summed E-state index contributed by atoms with van der Waals surface area (Å²) in [5.74, 6) is -0.0197. The summed E-state index contributed by atoms with van der Waals surface area (Å²) in [5.41, 5.74) is 1.51.